The molecule has 1 saturated heterocycles. The van der Waals surface area contributed by atoms with Gasteiger partial charge < -0.3 is 5.11 Å². The molecule has 2 nitrogen and oxygen atoms in total. The zero-order valence-electron chi connectivity index (χ0n) is 9.87. The molecule has 0 saturated carbocycles. The van der Waals surface area contributed by atoms with Crippen molar-refractivity contribution in [1.82, 2.24) is 4.90 Å². The van der Waals surface area contributed by atoms with E-state index < -0.39 is 0 Å². The molecule has 2 atom stereocenters. The molecule has 94 valence electrons. The monoisotopic (exact) mass is 273 g/mol. The molecule has 1 aromatic rings. The van der Waals surface area contributed by atoms with Crippen molar-refractivity contribution in [2.24, 2.45) is 5.92 Å². The van der Waals surface area contributed by atoms with Crippen LogP contribution in [0.15, 0.2) is 18.2 Å². The highest BCUT2D eigenvalue weighted by atomic mass is 35.5. The van der Waals surface area contributed by atoms with Gasteiger partial charge in [0.1, 0.15) is 0 Å². The van der Waals surface area contributed by atoms with Crippen molar-refractivity contribution in [3.8, 4) is 0 Å². The van der Waals surface area contributed by atoms with Crippen molar-refractivity contribution < 1.29 is 5.11 Å². The Morgan fingerprint density at radius 2 is 2.24 bits per heavy atom. The molecule has 1 aromatic carbocycles. The first-order chi connectivity index (χ1) is 8.06. The van der Waals surface area contributed by atoms with Gasteiger partial charge in [0.05, 0.1) is 6.10 Å². The third kappa shape index (κ3) is 3.35. The van der Waals surface area contributed by atoms with Gasteiger partial charge in [0.15, 0.2) is 0 Å². The van der Waals surface area contributed by atoms with Gasteiger partial charge in [-0.1, -0.05) is 29.3 Å². The van der Waals surface area contributed by atoms with Crippen LogP contribution in [0.3, 0.4) is 0 Å². The van der Waals surface area contributed by atoms with Crippen LogP contribution in [0.2, 0.25) is 10.0 Å². The average Bonchev–Trinajstić information content (AvgIpc) is 2.71. The molecule has 1 fully saturated rings. The molecule has 0 bridgehead atoms. The summed E-state index contributed by atoms with van der Waals surface area (Å²) in [5, 5.41) is 10.9. The second-order valence-electron chi connectivity index (χ2n) is 4.76. The van der Waals surface area contributed by atoms with Crippen molar-refractivity contribution in [3.05, 3.63) is 33.8 Å². The Labute approximate surface area is 112 Å². The van der Waals surface area contributed by atoms with Gasteiger partial charge in [-0.25, -0.2) is 0 Å². The fraction of sp³-hybridized carbons (Fsp3) is 0.538. The second-order valence-corrected chi connectivity index (χ2v) is 5.60. The van der Waals surface area contributed by atoms with Crippen LogP contribution in [-0.4, -0.2) is 29.2 Å². The summed E-state index contributed by atoms with van der Waals surface area (Å²) in [6.07, 6.45) is 0.837. The minimum atomic E-state index is -0.222. The number of hydrogen-bond acceptors (Lipinski definition) is 2. The van der Waals surface area contributed by atoms with Crippen LogP contribution in [0.25, 0.3) is 0 Å². The van der Waals surface area contributed by atoms with E-state index in [2.05, 4.69) is 4.90 Å². The third-order valence-electron chi connectivity index (χ3n) is 3.40. The van der Waals surface area contributed by atoms with E-state index in [1.165, 1.54) is 0 Å². The van der Waals surface area contributed by atoms with E-state index >= 15 is 0 Å². The summed E-state index contributed by atoms with van der Waals surface area (Å²) in [5.74, 6) is 0.390. The van der Waals surface area contributed by atoms with E-state index in [1.54, 1.807) is 6.07 Å². The van der Waals surface area contributed by atoms with Gasteiger partial charge >= 0.3 is 0 Å². The van der Waals surface area contributed by atoms with Gasteiger partial charge in [-0.05, 0) is 43.5 Å². The van der Waals surface area contributed by atoms with Crippen LogP contribution in [0.4, 0.5) is 0 Å². The van der Waals surface area contributed by atoms with E-state index in [-0.39, 0.29) is 6.10 Å². The van der Waals surface area contributed by atoms with Crippen molar-refractivity contribution >= 4 is 23.2 Å². The van der Waals surface area contributed by atoms with Gasteiger partial charge in [0, 0.05) is 23.1 Å². The van der Waals surface area contributed by atoms with E-state index in [9.17, 15) is 5.11 Å². The highest BCUT2D eigenvalue weighted by molar-refractivity contribution is 6.35. The Bertz CT molecular complexity index is 395. The van der Waals surface area contributed by atoms with Crippen molar-refractivity contribution in [1.29, 1.82) is 0 Å². The van der Waals surface area contributed by atoms with Gasteiger partial charge in [-0.15, -0.1) is 0 Å². The maximum absolute atomic E-state index is 9.56. The third-order valence-corrected chi connectivity index (χ3v) is 3.99. The first kappa shape index (κ1) is 13.2. The summed E-state index contributed by atoms with van der Waals surface area (Å²) in [7, 11) is 0. The minimum Gasteiger partial charge on any atom is -0.393 e. The Morgan fingerprint density at radius 3 is 2.82 bits per heavy atom. The average molecular weight is 274 g/mol. The first-order valence-corrected chi connectivity index (χ1v) is 6.66. The minimum absolute atomic E-state index is 0.222. The lowest BCUT2D eigenvalue weighted by molar-refractivity contribution is 0.127. The maximum Gasteiger partial charge on any atom is 0.0552 e. The van der Waals surface area contributed by atoms with Crippen LogP contribution in [0.5, 0.6) is 0 Å². The molecule has 1 heterocycles. The number of rotatable bonds is 3. The van der Waals surface area contributed by atoms with Crippen molar-refractivity contribution in [3.63, 3.8) is 0 Å². The molecule has 0 amide bonds. The number of benzene rings is 1. The topological polar surface area (TPSA) is 23.5 Å². The summed E-state index contributed by atoms with van der Waals surface area (Å²) >= 11 is 12.0. The molecule has 0 spiro atoms. The molecule has 4 heteroatoms. The van der Waals surface area contributed by atoms with Gasteiger partial charge in [-0.3, -0.25) is 4.90 Å². The standard InChI is InChI=1S/C13H17Cl2NO/c1-9(17)10-4-5-16(7-10)8-11-2-3-12(14)6-13(11)15/h2-3,6,9-10,17H,4-5,7-8H2,1H3. The zero-order chi connectivity index (χ0) is 12.4. The van der Waals surface area contributed by atoms with Crippen LogP contribution >= 0.6 is 23.2 Å². The smallest absolute Gasteiger partial charge is 0.0552 e. The Kier molecular flexibility index (Phi) is 4.31. The van der Waals surface area contributed by atoms with Crippen LogP contribution < -0.4 is 0 Å². The normalized spacial score (nSPS) is 22.9. The molecule has 1 aliphatic rings. The summed E-state index contributed by atoms with van der Waals surface area (Å²) in [6, 6.07) is 5.62. The van der Waals surface area contributed by atoms with Crippen LogP contribution in [0.1, 0.15) is 18.9 Å². The summed E-state index contributed by atoms with van der Waals surface area (Å²) in [6.45, 7) is 4.66. The van der Waals surface area contributed by atoms with E-state index in [0.717, 1.165) is 36.6 Å². The van der Waals surface area contributed by atoms with Gasteiger partial charge in [-0.2, -0.15) is 0 Å². The molecule has 0 radical (unpaired) electrons. The summed E-state index contributed by atoms with van der Waals surface area (Å²) in [5.41, 5.74) is 1.10. The fourth-order valence-electron chi connectivity index (χ4n) is 2.29. The highest BCUT2D eigenvalue weighted by Crippen LogP contribution is 2.26. The van der Waals surface area contributed by atoms with Crippen molar-refractivity contribution in [2.45, 2.75) is 26.0 Å². The Morgan fingerprint density at radius 1 is 1.47 bits per heavy atom. The molecule has 2 rings (SSSR count). The van der Waals surface area contributed by atoms with E-state index in [4.69, 9.17) is 23.2 Å². The number of halogens is 2. The van der Waals surface area contributed by atoms with Crippen molar-refractivity contribution in [2.75, 3.05) is 13.1 Å². The first-order valence-electron chi connectivity index (χ1n) is 5.90. The second kappa shape index (κ2) is 5.57. The highest BCUT2D eigenvalue weighted by Gasteiger charge is 2.26. The predicted molar refractivity (Wildman–Crippen MR) is 71.5 cm³/mol. The summed E-state index contributed by atoms with van der Waals surface area (Å²) in [4.78, 5) is 2.33. The van der Waals surface area contributed by atoms with E-state index in [1.807, 2.05) is 19.1 Å². The lowest BCUT2D eigenvalue weighted by Gasteiger charge is -2.18. The van der Waals surface area contributed by atoms with Crippen LogP contribution in [0, 0.1) is 5.92 Å². The van der Waals surface area contributed by atoms with Gasteiger partial charge in [0.25, 0.3) is 0 Å². The lowest BCUT2D eigenvalue weighted by Crippen LogP contribution is -2.24. The SMILES string of the molecule is CC(O)C1CCN(Cc2ccc(Cl)cc2Cl)C1. The molecule has 2 unspecified atom stereocenters. The number of likely N-dealkylation sites (tertiary alicyclic amines) is 1. The maximum atomic E-state index is 9.56. The molecule has 1 aliphatic heterocycles. The Balaban J connectivity index is 1.98. The molecule has 1 N–H and O–H groups in total. The lowest BCUT2D eigenvalue weighted by atomic mass is 10.0. The molecule has 0 aliphatic carbocycles. The largest absolute Gasteiger partial charge is 0.393 e. The van der Waals surface area contributed by atoms with Gasteiger partial charge in [0.2, 0.25) is 0 Å². The molecular weight excluding hydrogens is 257 g/mol. The Hall–Kier alpha value is -0.280. The van der Waals surface area contributed by atoms with Crippen LogP contribution in [-0.2, 0) is 6.54 Å². The summed E-state index contributed by atoms with van der Waals surface area (Å²) < 4.78 is 0. The molecule has 0 aromatic heterocycles. The molecular formula is C13H17Cl2NO. The predicted octanol–water partition coefficient (Wildman–Crippen LogP) is 3.20. The fourth-order valence-corrected chi connectivity index (χ4v) is 2.76. The molecule has 17 heavy (non-hydrogen) atoms. The quantitative estimate of drug-likeness (QED) is 0.915. The zero-order valence-corrected chi connectivity index (χ0v) is 11.4. The number of aliphatic hydroxyl groups is 1. The number of hydrogen-bond donors (Lipinski definition) is 1. The van der Waals surface area contributed by atoms with E-state index in [0.29, 0.717) is 10.9 Å². The number of aliphatic hydroxyl groups excluding tert-OH is 1. The number of nitrogens with zero attached hydrogens (tertiary/aromatic N) is 1.